The number of aryl methyl sites for hydroxylation is 1. The summed E-state index contributed by atoms with van der Waals surface area (Å²) >= 11 is 0. The molecule has 1 amide bonds. The van der Waals surface area contributed by atoms with Gasteiger partial charge in [-0.05, 0) is 84.5 Å². The number of carbonyl (C=O) groups excluding carboxylic acids is 1. The van der Waals surface area contributed by atoms with E-state index in [4.69, 9.17) is 9.84 Å². The lowest BCUT2D eigenvalue weighted by molar-refractivity contribution is 0.0797. The van der Waals surface area contributed by atoms with Gasteiger partial charge in [-0.15, -0.1) is 0 Å². The van der Waals surface area contributed by atoms with Crippen molar-refractivity contribution in [2.24, 2.45) is 7.05 Å². The first-order valence-electron chi connectivity index (χ1n) is 16.7. The molecule has 0 bridgehead atoms. The van der Waals surface area contributed by atoms with Crippen molar-refractivity contribution in [2.45, 2.75) is 35.2 Å². The number of carbonyl (C=O) groups is 1. The zero-order chi connectivity index (χ0) is 37.1. The molecule has 4 heterocycles. The molecule has 0 unspecified atom stereocenters. The van der Waals surface area contributed by atoms with Gasteiger partial charge in [0.25, 0.3) is 5.56 Å². The SMILES string of the molecule is CN(C)CCN(Cn1nc2c3c(cc(F)cc3c1=O)N[C@H](c1ccc(F)cc1)[C@H]2c1ncnn1C)C(=O)OCc1ccc(SSc2ccccn2)cc1. The van der Waals surface area contributed by atoms with Crippen molar-refractivity contribution in [3.05, 3.63) is 136 Å². The van der Waals surface area contributed by atoms with Gasteiger partial charge in [-0.3, -0.25) is 14.4 Å². The van der Waals surface area contributed by atoms with Crippen LogP contribution in [0.25, 0.3) is 10.8 Å². The monoisotopic (exact) mass is 755 g/mol. The van der Waals surface area contributed by atoms with E-state index in [-0.39, 0.29) is 25.2 Å². The highest BCUT2D eigenvalue weighted by Crippen LogP contribution is 2.46. The number of anilines is 1. The predicted octanol–water partition coefficient (Wildman–Crippen LogP) is 6.45. The van der Waals surface area contributed by atoms with Crippen LogP contribution < -0.4 is 10.9 Å². The first-order valence-corrected chi connectivity index (χ1v) is 18.8. The van der Waals surface area contributed by atoms with Gasteiger partial charge in [0.1, 0.15) is 42.1 Å². The number of hydrogen-bond donors (Lipinski definition) is 1. The molecule has 12 nitrogen and oxygen atoms in total. The van der Waals surface area contributed by atoms with E-state index in [9.17, 15) is 14.0 Å². The van der Waals surface area contributed by atoms with Crippen molar-refractivity contribution in [1.29, 1.82) is 0 Å². The highest BCUT2D eigenvalue weighted by Gasteiger charge is 2.38. The Kier molecular flexibility index (Phi) is 10.7. The van der Waals surface area contributed by atoms with E-state index < -0.39 is 35.2 Å². The molecule has 3 aromatic heterocycles. The second-order valence-corrected chi connectivity index (χ2v) is 14.9. The van der Waals surface area contributed by atoms with Crippen LogP contribution in [-0.2, 0) is 25.1 Å². The number of hydrogen-bond acceptors (Lipinski definition) is 11. The van der Waals surface area contributed by atoms with E-state index in [1.54, 1.807) is 51.6 Å². The molecular formula is C37H35F2N9O3S2. The molecule has 0 radical (unpaired) electrons. The zero-order valence-corrected chi connectivity index (χ0v) is 30.7. The Balaban J connectivity index is 1.18. The average molecular weight is 756 g/mol. The van der Waals surface area contributed by atoms with Crippen LogP contribution in [0.15, 0.2) is 106 Å². The largest absolute Gasteiger partial charge is 0.445 e. The fraction of sp³-hybridized carbons (Fsp3) is 0.243. The summed E-state index contributed by atoms with van der Waals surface area (Å²) in [5.41, 5.74) is 1.69. The number of likely N-dealkylation sites (N-methyl/N-ethyl adjacent to an activating group) is 1. The first-order chi connectivity index (χ1) is 25.6. The molecule has 6 aromatic rings. The summed E-state index contributed by atoms with van der Waals surface area (Å²) < 4.78 is 37.7. The Morgan fingerprint density at radius 3 is 2.45 bits per heavy atom. The lowest BCUT2D eigenvalue weighted by Crippen LogP contribution is -2.42. The molecular weight excluding hydrogens is 721 g/mol. The number of amides is 1. The van der Waals surface area contributed by atoms with Gasteiger partial charge in [0, 0.05) is 42.3 Å². The van der Waals surface area contributed by atoms with Gasteiger partial charge >= 0.3 is 6.09 Å². The number of aromatic nitrogens is 6. The van der Waals surface area contributed by atoms with Gasteiger partial charge in [-0.1, -0.05) is 41.1 Å². The number of nitrogens with zero attached hydrogens (tertiary/aromatic N) is 8. The Bertz CT molecular complexity index is 2290. The molecule has 0 spiro atoms. The summed E-state index contributed by atoms with van der Waals surface area (Å²) in [5, 5.41) is 13.9. The van der Waals surface area contributed by atoms with E-state index in [1.807, 2.05) is 61.5 Å². The summed E-state index contributed by atoms with van der Waals surface area (Å²) in [6, 6.07) is 21.3. The highest BCUT2D eigenvalue weighted by molar-refractivity contribution is 8.76. The molecule has 7 rings (SSSR count). The highest BCUT2D eigenvalue weighted by atomic mass is 33.1. The van der Waals surface area contributed by atoms with Crippen LogP contribution in [0.1, 0.15) is 34.6 Å². The van der Waals surface area contributed by atoms with Crippen molar-refractivity contribution >= 4 is 44.1 Å². The van der Waals surface area contributed by atoms with E-state index >= 15 is 4.39 Å². The molecule has 1 N–H and O–H groups in total. The van der Waals surface area contributed by atoms with E-state index in [1.165, 1.54) is 40.2 Å². The lowest BCUT2D eigenvalue weighted by atomic mass is 9.83. The predicted molar refractivity (Wildman–Crippen MR) is 199 cm³/mol. The maximum Gasteiger partial charge on any atom is 0.411 e. The zero-order valence-electron chi connectivity index (χ0n) is 29.0. The third-order valence-electron chi connectivity index (χ3n) is 8.77. The van der Waals surface area contributed by atoms with Gasteiger partial charge in [-0.25, -0.2) is 28.2 Å². The van der Waals surface area contributed by atoms with Gasteiger partial charge in [0.05, 0.1) is 23.0 Å². The maximum absolute atomic E-state index is 15.2. The summed E-state index contributed by atoms with van der Waals surface area (Å²) in [4.78, 5) is 40.9. The van der Waals surface area contributed by atoms with Gasteiger partial charge in [-0.2, -0.15) is 10.2 Å². The number of halogens is 2. The van der Waals surface area contributed by atoms with Gasteiger partial charge in [0.2, 0.25) is 0 Å². The summed E-state index contributed by atoms with van der Waals surface area (Å²) in [6.45, 7) is 0.436. The number of rotatable bonds is 12. The van der Waals surface area contributed by atoms with Crippen LogP contribution in [0.4, 0.5) is 19.3 Å². The molecule has 1 aliphatic heterocycles. The average Bonchev–Trinajstić information content (AvgIpc) is 3.58. The topological polar surface area (TPSA) is 123 Å². The Morgan fingerprint density at radius 2 is 1.75 bits per heavy atom. The van der Waals surface area contributed by atoms with Crippen LogP contribution in [0.5, 0.6) is 0 Å². The second kappa shape index (κ2) is 15.7. The van der Waals surface area contributed by atoms with Gasteiger partial charge < -0.3 is 15.0 Å². The Morgan fingerprint density at radius 1 is 0.962 bits per heavy atom. The van der Waals surface area contributed by atoms with Crippen molar-refractivity contribution < 1.29 is 18.3 Å². The van der Waals surface area contributed by atoms with Crippen LogP contribution in [0.3, 0.4) is 0 Å². The molecule has 0 fully saturated rings. The second-order valence-electron chi connectivity index (χ2n) is 12.7. The summed E-state index contributed by atoms with van der Waals surface area (Å²) in [5.74, 6) is -1.15. The third-order valence-corrected chi connectivity index (χ3v) is 11.1. The van der Waals surface area contributed by atoms with E-state index in [0.29, 0.717) is 34.7 Å². The molecule has 0 aliphatic carbocycles. The van der Waals surface area contributed by atoms with Gasteiger partial charge in [0.15, 0.2) is 0 Å². The molecule has 16 heteroatoms. The molecule has 53 heavy (non-hydrogen) atoms. The van der Waals surface area contributed by atoms with Crippen molar-refractivity contribution in [1.82, 2.24) is 39.3 Å². The van der Waals surface area contributed by atoms with Crippen LogP contribution in [-0.4, -0.2) is 72.6 Å². The minimum absolute atomic E-state index is 0.00868. The molecule has 3 aromatic carbocycles. The molecule has 272 valence electrons. The van der Waals surface area contributed by atoms with Crippen molar-refractivity contribution in [3.63, 3.8) is 0 Å². The van der Waals surface area contributed by atoms with Crippen LogP contribution >= 0.6 is 21.6 Å². The maximum atomic E-state index is 15.2. The fourth-order valence-electron chi connectivity index (χ4n) is 6.12. The minimum atomic E-state index is -0.644. The number of pyridine rings is 1. The number of nitrogens with one attached hydrogen (secondary N) is 1. The van der Waals surface area contributed by atoms with Crippen molar-refractivity contribution in [2.75, 3.05) is 32.5 Å². The van der Waals surface area contributed by atoms with E-state index in [2.05, 4.69) is 20.4 Å². The first kappa shape index (κ1) is 36.1. The van der Waals surface area contributed by atoms with Crippen LogP contribution in [0, 0.1) is 11.6 Å². The van der Waals surface area contributed by atoms with E-state index in [0.717, 1.165) is 15.5 Å². The molecule has 0 saturated heterocycles. The third kappa shape index (κ3) is 8.04. The smallest absolute Gasteiger partial charge is 0.411 e. The number of ether oxygens (including phenoxy) is 1. The number of benzene rings is 3. The molecule has 1 aliphatic rings. The summed E-state index contributed by atoms with van der Waals surface area (Å²) in [7, 11) is 8.61. The Hall–Kier alpha value is -5.32. The van der Waals surface area contributed by atoms with Crippen molar-refractivity contribution in [3.8, 4) is 0 Å². The minimum Gasteiger partial charge on any atom is -0.445 e. The normalized spacial score (nSPS) is 15.1. The lowest BCUT2D eigenvalue weighted by Gasteiger charge is -2.34. The summed E-state index contributed by atoms with van der Waals surface area (Å²) in [6.07, 6.45) is 2.52. The quantitative estimate of drug-likeness (QED) is 0.139. The Labute approximate surface area is 311 Å². The fourth-order valence-corrected chi connectivity index (χ4v) is 7.96. The van der Waals surface area contributed by atoms with Crippen LogP contribution in [0.2, 0.25) is 0 Å². The molecule has 2 atom stereocenters. The molecule has 0 saturated carbocycles. The standard InChI is InChI=1S/C37H35F2N9O3S2/c1-45(2)16-17-47(37(50)51-20-23-7-13-27(14-8-23)52-53-30-6-4-5-15-40-30)22-48-36(49)28-18-26(39)19-29-31(28)34(44-48)32(35-41-21-42-46(35)3)33(43-29)24-9-11-25(38)12-10-24/h4-15,18-19,21,32-33,43H,16-17,20,22H2,1-3H3/t32-,33-/m1/s1.